The number of carbonyl (C=O) groups excluding carboxylic acids is 1. The lowest BCUT2D eigenvalue weighted by atomic mass is 9.90. The van der Waals surface area contributed by atoms with Gasteiger partial charge in [-0.3, -0.25) is 4.79 Å². The summed E-state index contributed by atoms with van der Waals surface area (Å²) in [6.45, 7) is -0.346. The minimum atomic E-state index is -2.92. The molecule has 5 nitrogen and oxygen atoms in total. The van der Waals surface area contributed by atoms with Crippen molar-refractivity contribution in [3.63, 3.8) is 0 Å². The number of nitrogens with one attached hydrogen (secondary N) is 1. The number of para-hydroxylation sites is 1. The predicted molar refractivity (Wildman–Crippen MR) is 76.6 cm³/mol. The molecule has 0 spiro atoms. The van der Waals surface area contributed by atoms with Crippen LogP contribution in [0.3, 0.4) is 0 Å². The highest BCUT2D eigenvalue weighted by atomic mass is 19.3. The van der Waals surface area contributed by atoms with Crippen LogP contribution in [0.15, 0.2) is 24.3 Å². The van der Waals surface area contributed by atoms with E-state index in [1.54, 1.807) is 25.1 Å². The standard InChI is InChI=1S/C15H20F2N2O3/c1-10(11-4-2-3-5-12(11)22-14(16)17)19-13(20)15(18)6-8-21-9-7-15/h2-5,10,14H,6-9,18H2,1H3,(H,19,20). The van der Waals surface area contributed by atoms with Gasteiger partial charge in [0.05, 0.1) is 11.6 Å². The van der Waals surface area contributed by atoms with Gasteiger partial charge in [0, 0.05) is 18.8 Å². The molecule has 1 heterocycles. The van der Waals surface area contributed by atoms with E-state index in [0.717, 1.165) is 0 Å². The Morgan fingerprint density at radius 3 is 2.64 bits per heavy atom. The highest BCUT2D eigenvalue weighted by Crippen LogP contribution is 2.27. The number of hydrogen-bond acceptors (Lipinski definition) is 4. The Bertz CT molecular complexity index is 519. The van der Waals surface area contributed by atoms with Crippen molar-refractivity contribution in [1.29, 1.82) is 0 Å². The molecule has 7 heteroatoms. The summed E-state index contributed by atoms with van der Waals surface area (Å²) in [6, 6.07) is 5.87. The molecule has 1 saturated heterocycles. The van der Waals surface area contributed by atoms with Gasteiger partial charge >= 0.3 is 6.61 Å². The van der Waals surface area contributed by atoms with Gasteiger partial charge in [-0.2, -0.15) is 8.78 Å². The van der Waals surface area contributed by atoms with Gasteiger partial charge in [0.1, 0.15) is 5.75 Å². The molecule has 3 N–H and O–H groups in total. The highest BCUT2D eigenvalue weighted by Gasteiger charge is 2.36. The predicted octanol–water partition coefficient (Wildman–Crippen LogP) is 1.97. The molecule has 1 aromatic rings. The minimum Gasteiger partial charge on any atom is -0.434 e. The number of nitrogens with two attached hydrogens (primary N) is 1. The first-order chi connectivity index (χ1) is 10.4. The zero-order valence-corrected chi connectivity index (χ0v) is 12.4. The highest BCUT2D eigenvalue weighted by molar-refractivity contribution is 5.86. The topological polar surface area (TPSA) is 73.6 Å². The molecule has 0 saturated carbocycles. The summed E-state index contributed by atoms with van der Waals surface area (Å²) in [5, 5.41) is 2.78. The number of hydrogen-bond donors (Lipinski definition) is 2. The van der Waals surface area contributed by atoms with Crippen molar-refractivity contribution in [1.82, 2.24) is 5.32 Å². The van der Waals surface area contributed by atoms with Crippen molar-refractivity contribution in [2.24, 2.45) is 5.73 Å². The number of benzene rings is 1. The van der Waals surface area contributed by atoms with Crippen LogP contribution in [0.4, 0.5) is 8.78 Å². The van der Waals surface area contributed by atoms with Crippen molar-refractivity contribution in [3.05, 3.63) is 29.8 Å². The molecule has 1 atom stereocenters. The molecule has 2 rings (SSSR count). The molecule has 122 valence electrons. The Labute approximate surface area is 127 Å². The maximum atomic E-state index is 12.4. The Balaban J connectivity index is 2.08. The second-order valence-corrected chi connectivity index (χ2v) is 5.38. The Kier molecular flexibility index (Phi) is 5.31. The molecule has 0 bridgehead atoms. The summed E-state index contributed by atoms with van der Waals surface area (Å²) in [5.74, 6) is -0.265. The van der Waals surface area contributed by atoms with Crippen molar-refractivity contribution < 1.29 is 23.0 Å². The third-order valence-electron chi connectivity index (χ3n) is 3.79. The largest absolute Gasteiger partial charge is 0.434 e. The van der Waals surface area contributed by atoms with Crippen LogP contribution < -0.4 is 15.8 Å². The van der Waals surface area contributed by atoms with E-state index in [2.05, 4.69) is 10.1 Å². The van der Waals surface area contributed by atoms with Crippen molar-refractivity contribution in [2.75, 3.05) is 13.2 Å². The summed E-state index contributed by atoms with van der Waals surface area (Å²) in [7, 11) is 0. The molecule has 1 amide bonds. The van der Waals surface area contributed by atoms with E-state index in [0.29, 0.717) is 31.6 Å². The first-order valence-corrected chi connectivity index (χ1v) is 7.14. The van der Waals surface area contributed by atoms with Crippen LogP contribution in [0.2, 0.25) is 0 Å². The van der Waals surface area contributed by atoms with Crippen LogP contribution in [0.5, 0.6) is 5.75 Å². The van der Waals surface area contributed by atoms with E-state index in [4.69, 9.17) is 10.5 Å². The molecule has 0 aliphatic carbocycles. The molecule has 0 radical (unpaired) electrons. The summed E-state index contributed by atoms with van der Waals surface area (Å²) >= 11 is 0. The molecule has 1 fully saturated rings. The average molecular weight is 314 g/mol. The Morgan fingerprint density at radius 2 is 2.00 bits per heavy atom. The second kappa shape index (κ2) is 7.02. The normalized spacial score (nSPS) is 18.8. The lowest BCUT2D eigenvalue weighted by Crippen LogP contribution is -2.57. The smallest absolute Gasteiger partial charge is 0.387 e. The van der Waals surface area contributed by atoms with Crippen LogP contribution in [0, 0.1) is 0 Å². The minimum absolute atomic E-state index is 0.0448. The fourth-order valence-corrected chi connectivity index (χ4v) is 2.42. The molecular formula is C15H20F2N2O3. The van der Waals surface area contributed by atoms with Gasteiger partial charge < -0.3 is 20.5 Å². The van der Waals surface area contributed by atoms with Crippen LogP contribution in [-0.2, 0) is 9.53 Å². The van der Waals surface area contributed by atoms with E-state index >= 15 is 0 Å². The second-order valence-electron chi connectivity index (χ2n) is 5.38. The zero-order chi connectivity index (χ0) is 16.2. The van der Waals surface area contributed by atoms with Crippen molar-refractivity contribution in [2.45, 2.75) is 38.0 Å². The van der Waals surface area contributed by atoms with Gasteiger partial charge in [0.2, 0.25) is 5.91 Å². The third kappa shape index (κ3) is 3.92. The number of rotatable bonds is 5. The van der Waals surface area contributed by atoms with Crippen LogP contribution in [-0.4, -0.2) is 31.3 Å². The zero-order valence-electron chi connectivity index (χ0n) is 12.4. The molecule has 1 aromatic carbocycles. The number of amides is 1. The lowest BCUT2D eigenvalue weighted by Gasteiger charge is -2.33. The summed E-state index contributed by atoms with van der Waals surface area (Å²) in [5.41, 5.74) is 5.60. The fraction of sp³-hybridized carbons (Fsp3) is 0.533. The van der Waals surface area contributed by atoms with Gasteiger partial charge in [-0.05, 0) is 25.8 Å². The number of carbonyl (C=O) groups is 1. The summed E-state index contributed by atoms with van der Waals surface area (Å²) in [4.78, 5) is 12.4. The van der Waals surface area contributed by atoms with E-state index in [9.17, 15) is 13.6 Å². The average Bonchev–Trinajstić information content (AvgIpc) is 2.47. The third-order valence-corrected chi connectivity index (χ3v) is 3.79. The Morgan fingerprint density at radius 1 is 1.36 bits per heavy atom. The number of ether oxygens (including phenoxy) is 2. The van der Waals surface area contributed by atoms with Gasteiger partial charge in [-0.25, -0.2) is 0 Å². The van der Waals surface area contributed by atoms with E-state index < -0.39 is 18.2 Å². The summed E-state index contributed by atoms with van der Waals surface area (Å²) < 4.78 is 34.6. The first-order valence-electron chi connectivity index (χ1n) is 7.14. The van der Waals surface area contributed by atoms with Gasteiger partial charge in [0.25, 0.3) is 0 Å². The van der Waals surface area contributed by atoms with Gasteiger partial charge in [0.15, 0.2) is 0 Å². The van der Waals surface area contributed by atoms with Crippen molar-refractivity contribution >= 4 is 5.91 Å². The number of alkyl halides is 2. The fourth-order valence-electron chi connectivity index (χ4n) is 2.42. The SMILES string of the molecule is CC(NC(=O)C1(N)CCOCC1)c1ccccc1OC(F)F. The lowest BCUT2D eigenvalue weighted by molar-refractivity contribution is -0.130. The Hall–Kier alpha value is -1.73. The molecule has 1 aliphatic rings. The molecule has 1 unspecified atom stereocenters. The van der Waals surface area contributed by atoms with Crippen LogP contribution >= 0.6 is 0 Å². The van der Waals surface area contributed by atoms with E-state index in [-0.39, 0.29) is 11.7 Å². The van der Waals surface area contributed by atoms with Crippen LogP contribution in [0.25, 0.3) is 0 Å². The van der Waals surface area contributed by atoms with Crippen LogP contribution in [0.1, 0.15) is 31.4 Å². The summed E-state index contributed by atoms with van der Waals surface area (Å²) in [6.07, 6.45) is 0.863. The number of halogens is 2. The molecule has 0 aromatic heterocycles. The van der Waals surface area contributed by atoms with E-state index in [1.165, 1.54) is 6.07 Å². The quantitative estimate of drug-likeness (QED) is 0.871. The monoisotopic (exact) mass is 314 g/mol. The molecule has 22 heavy (non-hydrogen) atoms. The van der Waals surface area contributed by atoms with Crippen molar-refractivity contribution in [3.8, 4) is 5.75 Å². The molecule has 1 aliphatic heterocycles. The van der Waals surface area contributed by atoms with Gasteiger partial charge in [-0.1, -0.05) is 18.2 Å². The maximum absolute atomic E-state index is 12.4. The molecular weight excluding hydrogens is 294 g/mol. The van der Waals surface area contributed by atoms with Gasteiger partial charge in [-0.15, -0.1) is 0 Å². The first kappa shape index (κ1) is 16.6. The van der Waals surface area contributed by atoms with E-state index in [1.807, 2.05) is 0 Å². The maximum Gasteiger partial charge on any atom is 0.387 e.